The zero-order chi connectivity index (χ0) is 17.6. The van der Waals surface area contributed by atoms with Gasteiger partial charge in [-0.25, -0.2) is 8.42 Å². The summed E-state index contributed by atoms with van der Waals surface area (Å²) in [4.78, 5) is 0.214. The van der Waals surface area contributed by atoms with Crippen molar-refractivity contribution in [3.05, 3.63) is 48.0 Å². The molecule has 0 aliphatic rings. The van der Waals surface area contributed by atoms with Crippen molar-refractivity contribution in [3.8, 4) is 5.75 Å². The molecule has 0 saturated carbocycles. The van der Waals surface area contributed by atoms with E-state index in [9.17, 15) is 8.42 Å². The van der Waals surface area contributed by atoms with E-state index in [1.807, 2.05) is 19.1 Å². The Balaban J connectivity index is 2.10. The van der Waals surface area contributed by atoms with Gasteiger partial charge in [-0.1, -0.05) is 13.3 Å². The third kappa shape index (κ3) is 4.64. The highest BCUT2D eigenvalue weighted by Crippen LogP contribution is 2.23. The van der Waals surface area contributed by atoms with E-state index in [0.717, 1.165) is 30.6 Å². The summed E-state index contributed by atoms with van der Waals surface area (Å²) in [6, 6.07) is 12.0. The van der Waals surface area contributed by atoms with Crippen LogP contribution in [0, 0.1) is 6.92 Å². The molecule has 0 amide bonds. The highest BCUT2D eigenvalue weighted by molar-refractivity contribution is 7.92. The molecular weight excluding hydrogens is 324 g/mol. The lowest BCUT2D eigenvalue weighted by Gasteiger charge is -2.11. The second-order valence-corrected chi connectivity index (χ2v) is 7.28. The molecule has 0 radical (unpaired) electrons. The zero-order valence-electron chi connectivity index (χ0n) is 14.3. The maximum atomic E-state index is 12.5. The monoisotopic (exact) mass is 348 g/mol. The number of ether oxygens (including phenoxy) is 1. The first-order valence-electron chi connectivity index (χ1n) is 7.97. The zero-order valence-corrected chi connectivity index (χ0v) is 15.1. The van der Waals surface area contributed by atoms with Crippen molar-refractivity contribution in [3.63, 3.8) is 0 Å². The summed E-state index contributed by atoms with van der Waals surface area (Å²) in [5.74, 6) is 0.663. The second-order valence-electron chi connectivity index (χ2n) is 5.59. The Morgan fingerprint density at radius 2 is 1.71 bits per heavy atom. The van der Waals surface area contributed by atoms with Crippen LogP contribution in [-0.2, 0) is 10.0 Å². The van der Waals surface area contributed by atoms with Crippen molar-refractivity contribution in [1.29, 1.82) is 0 Å². The number of methoxy groups -OCH3 is 1. The molecule has 0 bridgehead atoms. The van der Waals surface area contributed by atoms with Crippen LogP contribution >= 0.6 is 0 Å². The van der Waals surface area contributed by atoms with E-state index in [1.165, 1.54) is 6.07 Å². The van der Waals surface area contributed by atoms with E-state index in [2.05, 4.69) is 17.0 Å². The van der Waals surface area contributed by atoms with E-state index in [-0.39, 0.29) is 4.90 Å². The van der Waals surface area contributed by atoms with Gasteiger partial charge in [-0.05, 0) is 61.4 Å². The lowest BCUT2D eigenvalue weighted by Crippen LogP contribution is -2.13. The van der Waals surface area contributed by atoms with Gasteiger partial charge in [0, 0.05) is 17.9 Å². The van der Waals surface area contributed by atoms with Crippen LogP contribution in [0.4, 0.5) is 11.4 Å². The van der Waals surface area contributed by atoms with Gasteiger partial charge in [0.2, 0.25) is 0 Å². The Kier molecular flexibility index (Phi) is 6.09. The fourth-order valence-corrected chi connectivity index (χ4v) is 3.44. The summed E-state index contributed by atoms with van der Waals surface area (Å²) in [6.07, 6.45) is 2.23. The van der Waals surface area contributed by atoms with Crippen molar-refractivity contribution >= 4 is 21.4 Å². The van der Waals surface area contributed by atoms with Crippen LogP contribution in [-0.4, -0.2) is 22.1 Å². The predicted molar refractivity (Wildman–Crippen MR) is 98.4 cm³/mol. The molecule has 0 atom stereocenters. The smallest absolute Gasteiger partial charge is 0.261 e. The fourth-order valence-electron chi connectivity index (χ4n) is 2.30. The minimum Gasteiger partial charge on any atom is -0.496 e. The highest BCUT2D eigenvalue weighted by atomic mass is 32.2. The van der Waals surface area contributed by atoms with Gasteiger partial charge < -0.3 is 10.1 Å². The molecule has 0 unspecified atom stereocenters. The normalized spacial score (nSPS) is 11.1. The molecule has 0 heterocycles. The molecule has 130 valence electrons. The molecular formula is C18H24N2O3S. The summed E-state index contributed by atoms with van der Waals surface area (Å²) in [5, 5.41) is 3.30. The Morgan fingerprint density at radius 3 is 2.29 bits per heavy atom. The molecule has 2 aromatic carbocycles. The molecule has 2 aromatic rings. The summed E-state index contributed by atoms with van der Waals surface area (Å²) in [5.41, 5.74) is 2.28. The van der Waals surface area contributed by atoms with Crippen molar-refractivity contribution in [2.24, 2.45) is 0 Å². The van der Waals surface area contributed by atoms with Crippen LogP contribution in [0.3, 0.4) is 0 Å². The Hall–Kier alpha value is -2.21. The van der Waals surface area contributed by atoms with Crippen molar-refractivity contribution < 1.29 is 13.2 Å². The summed E-state index contributed by atoms with van der Waals surface area (Å²) in [7, 11) is -2.06. The summed E-state index contributed by atoms with van der Waals surface area (Å²) < 4.78 is 32.7. The maximum absolute atomic E-state index is 12.5. The van der Waals surface area contributed by atoms with E-state index in [0.29, 0.717) is 11.4 Å². The first-order valence-corrected chi connectivity index (χ1v) is 9.46. The molecule has 0 spiro atoms. The SMILES string of the molecule is CCCCNc1ccc(NS(=O)(=O)c2ccc(OC)c(C)c2)cc1. The third-order valence-electron chi connectivity index (χ3n) is 3.67. The largest absolute Gasteiger partial charge is 0.496 e. The third-order valence-corrected chi connectivity index (χ3v) is 5.05. The molecule has 0 aliphatic heterocycles. The van der Waals surface area contributed by atoms with Crippen LogP contribution < -0.4 is 14.8 Å². The molecule has 2 N–H and O–H groups in total. The Morgan fingerprint density at radius 1 is 1.04 bits per heavy atom. The molecule has 0 aromatic heterocycles. The number of nitrogens with one attached hydrogen (secondary N) is 2. The molecule has 0 saturated heterocycles. The van der Waals surface area contributed by atoms with Crippen LogP contribution in [0.15, 0.2) is 47.4 Å². The molecule has 2 rings (SSSR count). The van der Waals surface area contributed by atoms with Crippen LogP contribution in [0.2, 0.25) is 0 Å². The summed E-state index contributed by atoms with van der Waals surface area (Å²) in [6.45, 7) is 4.86. The van der Waals surface area contributed by atoms with Crippen molar-refractivity contribution in [1.82, 2.24) is 0 Å². The van der Waals surface area contributed by atoms with Crippen molar-refractivity contribution in [2.75, 3.05) is 23.7 Å². The number of aryl methyl sites for hydroxylation is 1. The fraction of sp³-hybridized carbons (Fsp3) is 0.333. The summed E-state index contributed by atoms with van der Waals surface area (Å²) >= 11 is 0. The van der Waals surface area contributed by atoms with E-state index < -0.39 is 10.0 Å². The van der Waals surface area contributed by atoms with Crippen molar-refractivity contribution in [2.45, 2.75) is 31.6 Å². The highest BCUT2D eigenvalue weighted by Gasteiger charge is 2.15. The lowest BCUT2D eigenvalue weighted by molar-refractivity contribution is 0.411. The number of rotatable bonds is 8. The van der Waals surface area contributed by atoms with Gasteiger partial charge in [-0.3, -0.25) is 4.72 Å². The number of benzene rings is 2. The van der Waals surface area contributed by atoms with Gasteiger partial charge in [0.05, 0.1) is 12.0 Å². The maximum Gasteiger partial charge on any atom is 0.261 e. The van der Waals surface area contributed by atoms with E-state index in [4.69, 9.17) is 4.74 Å². The van der Waals surface area contributed by atoms with Crippen LogP contribution in [0.1, 0.15) is 25.3 Å². The molecule has 24 heavy (non-hydrogen) atoms. The van der Waals surface area contributed by atoms with Gasteiger partial charge in [-0.15, -0.1) is 0 Å². The standard InChI is InChI=1S/C18H24N2O3S/c1-4-5-12-19-15-6-8-16(9-7-15)20-24(21,22)17-10-11-18(23-3)14(2)13-17/h6-11,13,19-20H,4-5,12H2,1-3H3. The minimum absolute atomic E-state index is 0.214. The minimum atomic E-state index is -3.62. The molecule has 0 aliphatic carbocycles. The van der Waals surface area contributed by atoms with Gasteiger partial charge in [0.1, 0.15) is 5.75 Å². The number of hydrogen-bond acceptors (Lipinski definition) is 4. The Bertz CT molecular complexity index is 771. The lowest BCUT2D eigenvalue weighted by atomic mass is 10.2. The van der Waals surface area contributed by atoms with Crippen LogP contribution in [0.5, 0.6) is 5.75 Å². The average Bonchev–Trinajstić information content (AvgIpc) is 2.56. The van der Waals surface area contributed by atoms with Gasteiger partial charge in [-0.2, -0.15) is 0 Å². The van der Waals surface area contributed by atoms with Gasteiger partial charge in [0.15, 0.2) is 0 Å². The first-order chi connectivity index (χ1) is 11.5. The molecule has 0 fully saturated rings. The Labute approximate surface area is 144 Å². The number of unbranched alkanes of at least 4 members (excludes halogenated alkanes) is 1. The average molecular weight is 348 g/mol. The molecule has 5 nitrogen and oxygen atoms in total. The second kappa shape index (κ2) is 8.06. The first kappa shape index (κ1) is 18.1. The van der Waals surface area contributed by atoms with E-state index in [1.54, 1.807) is 31.4 Å². The van der Waals surface area contributed by atoms with E-state index >= 15 is 0 Å². The van der Waals surface area contributed by atoms with Gasteiger partial charge >= 0.3 is 0 Å². The van der Waals surface area contributed by atoms with Crippen LogP contribution in [0.25, 0.3) is 0 Å². The predicted octanol–water partition coefficient (Wildman–Crippen LogP) is 4.02. The molecule has 6 heteroatoms. The quantitative estimate of drug-likeness (QED) is 0.707. The number of anilines is 2. The number of hydrogen-bond donors (Lipinski definition) is 2. The van der Waals surface area contributed by atoms with Gasteiger partial charge in [0.25, 0.3) is 10.0 Å². The number of sulfonamides is 1. The topological polar surface area (TPSA) is 67.4 Å².